The van der Waals surface area contributed by atoms with Gasteiger partial charge in [0.05, 0.1) is 12.5 Å². The summed E-state index contributed by atoms with van der Waals surface area (Å²) in [5.74, 6) is -11.1. The van der Waals surface area contributed by atoms with Crippen LogP contribution < -0.4 is 26.6 Å². The number of carboxylic acid groups (broad SMARTS) is 5. The van der Waals surface area contributed by atoms with E-state index in [1.54, 1.807) is 0 Å². The summed E-state index contributed by atoms with van der Waals surface area (Å²) in [6.45, 7) is 7.05. The molecule has 0 spiro atoms. The SMILES string of the molecule is CC(=O)C(CCC(=O)O)NC(=O)C(CCC(=O)O)NC(=O)C(CCC(=O)O)NC(=O)CCC(NC(=O)C1CCC(CNC(=O)CC(C)CC(C)(C)CC(=O)O)CC1)C(=O)O. The van der Waals surface area contributed by atoms with Gasteiger partial charge in [-0.3, -0.25) is 47.9 Å². The van der Waals surface area contributed by atoms with Crippen molar-refractivity contribution < 1.29 is 78.3 Å². The lowest BCUT2D eigenvalue weighted by molar-refractivity contribution is -0.143. The van der Waals surface area contributed by atoms with E-state index in [2.05, 4.69) is 26.6 Å². The molecule has 5 atom stereocenters. The average molecular weight is 856 g/mol. The smallest absolute Gasteiger partial charge is 0.326 e. The Labute approximate surface area is 347 Å². The highest BCUT2D eigenvalue weighted by atomic mass is 16.4. The first-order valence-electron chi connectivity index (χ1n) is 20.0. The molecule has 0 aromatic carbocycles. The first kappa shape index (κ1) is 52.4. The van der Waals surface area contributed by atoms with E-state index in [1.165, 1.54) is 0 Å². The lowest BCUT2D eigenvalue weighted by atomic mass is 9.79. The van der Waals surface area contributed by atoms with Gasteiger partial charge in [-0.05, 0) is 82.0 Å². The molecule has 0 aromatic heterocycles. The Hall–Kier alpha value is -5.63. The molecule has 0 heterocycles. The van der Waals surface area contributed by atoms with Crippen molar-refractivity contribution in [3.8, 4) is 0 Å². The number of amides is 5. The normalized spacial score (nSPS) is 17.6. The van der Waals surface area contributed by atoms with Gasteiger partial charge in [-0.1, -0.05) is 20.8 Å². The highest BCUT2D eigenvalue weighted by molar-refractivity contribution is 5.95. The van der Waals surface area contributed by atoms with Crippen LogP contribution in [0.15, 0.2) is 0 Å². The molecule has 1 aliphatic rings. The molecule has 1 aliphatic carbocycles. The number of Topliss-reactive ketones (excluding diaryl/α,β-unsaturated/α-hetero) is 1. The number of rotatable bonds is 29. The molecule has 0 bridgehead atoms. The highest BCUT2D eigenvalue weighted by Gasteiger charge is 2.33. The molecule has 5 unspecified atom stereocenters. The van der Waals surface area contributed by atoms with Crippen LogP contribution in [-0.2, 0) is 52.7 Å². The Bertz CT molecular complexity index is 1570. The maximum absolute atomic E-state index is 13.3. The zero-order chi connectivity index (χ0) is 45.7. The fourth-order valence-corrected chi connectivity index (χ4v) is 7.12. The number of aliphatic carboxylic acids is 5. The van der Waals surface area contributed by atoms with Gasteiger partial charge in [-0.25, -0.2) is 4.79 Å². The van der Waals surface area contributed by atoms with Gasteiger partial charge in [-0.15, -0.1) is 0 Å². The molecule has 21 heteroatoms. The number of carboxylic acids is 5. The molecular weight excluding hydrogens is 794 g/mol. The molecule has 1 saturated carbocycles. The second-order valence-electron chi connectivity index (χ2n) is 16.4. The topological polar surface area (TPSA) is 349 Å². The van der Waals surface area contributed by atoms with Crippen molar-refractivity contribution in [3.05, 3.63) is 0 Å². The van der Waals surface area contributed by atoms with E-state index in [4.69, 9.17) is 15.3 Å². The van der Waals surface area contributed by atoms with Crippen LogP contribution in [0.1, 0.15) is 124 Å². The maximum Gasteiger partial charge on any atom is 0.326 e. The summed E-state index contributed by atoms with van der Waals surface area (Å²) >= 11 is 0. The van der Waals surface area contributed by atoms with Crippen molar-refractivity contribution in [1.29, 1.82) is 0 Å². The number of ketones is 1. The molecule has 5 amide bonds. The zero-order valence-electron chi connectivity index (χ0n) is 34.6. The monoisotopic (exact) mass is 855 g/mol. The van der Waals surface area contributed by atoms with Gasteiger partial charge >= 0.3 is 29.8 Å². The third-order valence-electron chi connectivity index (χ3n) is 10.2. The predicted octanol–water partition coefficient (Wildman–Crippen LogP) is 0.814. The predicted molar refractivity (Wildman–Crippen MR) is 209 cm³/mol. The van der Waals surface area contributed by atoms with Crippen molar-refractivity contribution in [2.45, 2.75) is 148 Å². The Balaban J connectivity index is 2.81. The van der Waals surface area contributed by atoms with Gasteiger partial charge in [0, 0.05) is 44.6 Å². The molecule has 21 nitrogen and oxygen atoms in total. The number of hydrogen-bond donors (Lipinski definition) is 10. The van der Waals surface area contributed by atoms with E-state index < -0.39 is 140 Å². The van der Waals surface area contributed by atoms with E-state index in [0.29, 0.717) is 38.6 Å². The fourth-order valence-electron chi connectivity index (χ4n) is 7.12. The highest BCUT2D eigenvalue weighted by Crippen LogP contribution is 2.31. The summed E-state index contributed by atoms with van der Waals surface area (Å²) < 4.78 is 0. The quantitative estimate of drug-likeness (QED) is 0.0498. The number of carbonyl (C=O) groups excluding carboxylic acids is 6. The van der Waals surface area contributed by atoms with Crippen LogP contribution in [0.4, 0.5) is 0 Å². The van der Waals surface area contributed by atoms with Crippen molar-refractivity contribution in [2.75, 3.05) is 6.54 Å². The lowest BCUT2D eigenvalue weighted by Crippen LogP contribution is -2.55. The number of nitrogens with one attached hydrogen (secondary N) is 5. The van der Waals surface area contributed by atoms with Gasteiger partial charge in [0.15, 0.2) is 5.78 Å². The molecule has 1 rings (SSSR count). The van der Waals surface area contributed by atoms with E-state index in [1.807, 2.05) is 20.8 Å². The minimum atomic E-state index is -1.60. The van der Waals surface area contributed by atoms with E-state index in [9.17, 15) is 63.0 Å². The lowest BCUT2D eigenvalue weighted by Gasteiger charge is -2.29. The standard InChI is InChI=1S/C39H61N5O16/c1-21(18-39(3,4)19-34(54)55)17-30(47)40-20-23-5-7-24(8-6-23)35(56)44-28(38(59)60)9-13-29(46)41-26(11-15-32(50)51)36(57)43-27(12-16-33(52)53)37(58)42-25(22(2)45)10-14-31(48)49/h21,23-28H,5-20H2,1-4H3,(H,40,47)(H,41,46)(H,42,58)(H,43,57)(H,44,56)(H,48,49)(H,50,51)(H,52,53)(H,54,55)(H,59,60). The van der Waals surface area contributed by atoms with Gasteiger partial charge < -0.3 is 52.1 Å². The Morgan fingerprint density at radius 2 is 1.05 bits per heavy atom. The van der Waals surface area contributed by atoms with Gasteiger partial charge in [0.1, 0.15) is 18.1 Å². The summed E-state index contributed by atoms with van der Waals surface area (Å²) in [7, 11) is 0. The number of carbonyl (C=O) groups is 11. The van der Waals surface area contributed by atoms with Gasteiger partial charge in [0.2, 0.25) is 29.5 Å². The molecule has 0 saturated heterocycles. The summed E-state index contributed by atoms with van der Waals surface area (Å²) in [6, 6.07) is -5.99. The summed E-state index contributed by atoms with van der Waals surface area (Å²) in [6.07, 6.45) is -1.21. The van der Waals surface area contributed by atoms with Crippen molar-refractivity contribution in [2.24, 2.45) is 23.2 Å². The van der Waals surface area contributed by atoms with Crippen molar-refractivity contribution in [1.82, 2.24) is 26.6 Å². The molecule has 0 aromatic rings. The maximum atomic E-state index is 13.3. The number of hydrogen-bond acceptors (Lipinski definition) is 11. The van der Waals surface area contributed by atoms with E-state index in [0.717, 1.165) is 6.92 Å². The van der Waals surface area contributed by atoms with Crippen LogP contribution in [0.2, 0.25) is 0 Å². The molecule has 60 heavy (non-hydrogen) atoms. The van der Waals surface area contributed by atoms with E-state index in [-0.39, 0.29) is 37.0 Å². The minimum Gasteiger partial charge on any atom is -0.481 e. The van der Waals surface area contributed by atoms with Crippen LogP contribution in [0, 0.1) is 23.2 Å². The van der Waals surface area contributed by atoms with Gasteiger partial charge in [-0.2, -0.15) is 0 Å². The molecule has 0 aliphatic heterocycles. The average Bonchev–Trinajstić information content (AvgIpc) is 3.12. The fraction of sp³-hybridized carbons (Fsp3) is 0.718. The molecule has 10 N–H and O–H groups in total. The van der Waals surface area contributed by atoms with Crippen LogP contribution in [0.3, 0.4) is 0 Å². The van der Waals surface area contributed by atoms with Crippen LogP contribution >= 0.6 is 0 Å². The molecular formula is C39H61N5O16. The third-order valence-corrected chi connectivity index (χ3v) is 10.2. The molecule has 1 fully saturated rings. The summed E-state index contributed by atoms with van der Waals surface area (Å²) in [5, 5.41) is 58.4. The van der Waals surface area contributed by atoms with Crippen LogP contribution in [0.25, 0.3) is 0 Å². The van der Waals surface area contributed by atoms with Crippen molar-refractivity contribution >= 4 is 65.2 Å². The molecule has 338 valence electrons. The Morgan fingerprint density at radius 3 is 1.52 bits per heavy atom. The largest absolute Gasteiger partial charge is 0.481 e. The Kier molecular flexibility index (Phi) is 22.5. The van der Waals surface area contributed by atoms with Crippen molar-refractivity contribution in [3.63, 3.8) is 0 Å². The third kappa shape index (κ3) is 21.9. The second-order valence-corrected chi connectivity index (χ2v) is 16.4. The van der Waals surface area contributed by atoms with E-state index >= 15 is 0 Å². The Morgan fingerprint density at radius 1 is 0.583 bits per heavy atom. The van der Waals surface area contributed by atoms with Crippen LogP contribution in [-0.4, -0.2) is 121 Å². The van der Waals surface area contributed by atoms with Crippen LogP contribution in [0.5, 0.6) is 0 Å². The minimum absolute atomic E-state index is 0.00657. The zero-order valence-corrected chi connectivity index (χ0v) is 34.6. The first-order chi connectivity index (χ1) is 27.9. The summed E-state index contributed by atoms with van der Waals surface area (Å²) in [5.41, 5.74) is -0.459. The molecule has 0 radical (unpaired) electrons. The van der Waals surface area contributed by atoms with Gasteiger partial charge in [0.25, 0.3) is 0 Å². The second kappa shape index (κ2) is 25.8. The summed E-state index contributed by atoms with van der Waals surface area (Å²) in [4.78, 5) is 134. The first-order valence-corrected chi connectivity index (χ1v) is 20.0.